The Hall–Kier alpha value is -2.48. The lowest BCUT2D eigenvalue weighted by molar-refractivity contribution is 0.552. The maximum atomic E-state index is 4.77. The number of hydrogen-bond donors (Lipinski definition) is 0. The molecule has 0 radical (unpaired) electrons. The van der Waals surface area contributed by atoms with E-state index in [2.05, 4.69) is 74.3 Å². The van der Waals surface area contributed by atoms with Gasteiger partial charge in [0.2, 0.25) is 0 Å². The minimum atomic E-state index is 0.648. The minimum absolute atomic E-state index is 0.648. The van der Waals surface area contributed by atoms with Gasteiger partial charge in [-0.25, -0.2) is 9.97 Å². The van der Waals surface area contributed by atoms with Crippen molar-refractivity contribution in [3.05, 3.63) is 72.1 Å². The van der Waals surface area contributed by atoms with Crippen molar-refractivity contribution in [2.24, 2.45) is 5.92 Å². The van der Waals surface area contributed by atoms with E-state index >= 15 is 0 Å². The first kappa shape index (κ1) is 20.3. The van der Waals surface area contributed by atoms with Gasteiger partial charge >= 0.3 is 0 Å². The molecule has 3 aromatic rings. The summed E-state index contributed by atoms with van der Waals surface area (Å²) in [7, 11) is 0. The Balaban J connectivity index is 1.70. The standard InChI is InChI=1S/C26H32N2/c1-4-6-7-8-21-9-11-22(12-10-21)23-13-15-24(16-14-23)26-27-18-17-25(28-26)19-20(3)5-2/h9-18,20H,4-8,19H2,1-3H3. The Morgan fingerprint density at radius 3 is 2.07 bits per heavy atom. The molecule has 0 aliphatic heterocycles. The lowest BCUT2D eigenvalue weighted by Crippen LogP contribution is -2.02. The smallest absolute Gasteiger partial charge is 0.159 e. The van der Waals surface area contributed by atoms with Gasteiger partial charge < -0.3 is 0 Å². The van der Waals surface area contributed by atoms with Gasteiger partial charge in [0.05, 0.1) is 0 Å². The molecular weight excluding hydrogens is 340 g/mol. The highest BCUT2D eigenvalue weighted by molar-refractivity contribution is 5.67. The van der Waals surface area contributed by atoms with Crippen LogP contribution >= 0.6 is 0 Å². The predicted molar refractivity (Wildman–Crippen MR) is 119 cm³/mol. The molecule has 0 saturated heterocycles. The Kier molecular flexibility index (Phi) is 7.36. The fraction of sp³-hybridized carbons (Fsp3) is 0.385. The molecule has 3 rings (SSSR count). The molecule has 1 aromatic heterocycles. The lowest BCUT2D eigenvalue weighted by Gasteiger charge is -2.09. The second-order valence-corrected chi connectivity index (χ2v) is 7.82. The second-order valence-electron chi connectivity index (χ2n) is 7.82. The SMILES string of the molecule is CCCCCc1ccc(-c2ccc(-c3nccc(CC(C)CC)n3)cc2)cc1. The summed E-state index contributed by atoms with van der Waals surface area (Å²) < 4.78 is 0. The van der Waals surface area contributed by atoms with Crippen LogP contribution in [0.15, 0.2) is 60.8 Å². The monoisotopic (exact) mass is 372 g/mol. The van der Waals surface area contributed by atoms with Crippen molar-refractivity contribution in [2.75, 3.05) is 0 Å². The quantitative estimate of drug-likeness (QED) is 0.373. The van der Waals surface area contributed by atoms with Crippen LogP contribution in [0, 0.1) is 5.92 Å². The van der Waals surface area contributed by atoms with Gasteiger partial charge in [-0.1, -0.05) is 88.6 Å². The van der Waals surface area contributed by atoms with Crippen molar-refractivity contribution in [3.63, 3.8) is 0 Å². The Labute approximate surface area is 170 Å². The molecule has 28 heavy (non-hydrogen) atoms. The van der Waals surface area contributed by atoms with Gasteiger partial charge in [-0.2, -0.15) is 0 Å². The first-order valence-corrected chi connectivity index (χ1v) is 10.7. The zero-order valence-corrected chi connectivity index (χ0v) is 17.5. The maximum absolute atomic E-state index is 4.77. The molecule has 2 heteroatoms. The minimum Gasteiger partial charge on any atom is -0.237 e. The van der Waals surface area contributed by atoms with Gasteiger partial charge in [-0.15, -0.1) is 0 Å². The first-order chi connectivity index (χ1) is 13.7. The van der Waals surface area contributed by atoms with Crippen LogP contribution in [-0.4, -0.2) is 9.97 Å². The van der Waals surface area contributed by atoms with Gasteiger partial charge in [0, 0.05) is 17.5 Å². The van der Waals surface area contributed by atoms with E-state index in [0.29, 0.717) is 5.92 Å². The summed E-state index contributed by atoms with van der Waals surface area (Å²) in [6.07, 6.45) is 9.10. The molecule has 1 unspecified atom stereocenters. The molecule has 0 bridgehead atoms. The summed E-state index contributed by atoms with van der Waals surface area (Å²) in [5, 5.41) is 0. The highest BCUT2D eigenvalue weighted by Crippen LogP contribution is 2.24. The Morgan fingerprint density at radius 2 is 1.43 bits per heavy atom. The molecule has 0 aliphatic carbocycles. The van der Waals surface area contributed by atoms with Crippen molar-refractivity contribution >= 4 is 0 Å². The van der Waals surface area contributed by atoms with Crippen molar-refractivity contribution in [3.8, 4) is 22.5 Å². The summed E-state index contributed by atoms with van der Waals surface area (Å²) in [4.78, 5) is 9.25. The van der Waals surface area contributed by atoms with E-state index < -0.39 is 0 Å². The van der Waals surface area contributed by atoms with Gasteiger partial charge in [-0.3, -0.25) is 0 Å². The van der Waals surface area contributed by atoms with Gasteiger partial charge in [0.25, 0.3) is 0 Å². The van der Waals surface area contributed by atoms with E-state index in [1.54, 1.807) is 0 Å². The van der Waals surface area contributed by atoms with E-state index in [-0.39, 0.29) is 0 Å². The summed E-state index contributed by atoms with van der Waals surface area (Å²) in [5.41, 5.74) is 6.13. The molecule has 1 heterocycles. The van der Waals surface area contributed by atoms with Crippen LogP contribution in [0.4, 0.5) is 0 Å². The summed E-state index contributed by atoms with van der Waals surface area (Å²) in [5.74, 6) is 1.47. The van der Waals surface area contributed by atoms with E-state index in [4.69, 9.17) is 4.98 Å². The molecule has 2 aromatic carbocycles. The van der Waals surface area contributed by atoms with Gasteiger partial charge in [0.1, 0.15) is 0 Å². The van der Waals surface area contributed by atoms with Crippen LogP contribution in [0.1, 0.15) is 57.7 Å². The predicted octanol–water partition coefficient (Wildman–Crippen LogP) is 7.13. The molecule has 0 amide bonds. The van der Waals surface area contributed by atoms with Crippen molar-refractivity contribution in [1.82, 2.24) is 9.97 Å². The molecule has 0 spiro atoms. The number of rotatable bonds is 9. The van der Waals surface area contributed by atoms with Crippen LogP contribution in [0.25, 0.3) is 22.5 Å². The number of hydrogen-bond acceptors (Lipinski definition) is 2. The van der Waals surface area contributed by atoms with E-state index in [1.807, 2.05) is 12.3 Å². The molecule has 0 N–H and O–H groups in total. The molecule has 0 saturated carbocycles. The van der Waals surface area contributed by atoms with Crippen molar-refractivity contribution in [1.29, 1.82) is 0 Å². The zero-order valence-electron chi connectivity index (χ0n) is 17.5. The first-order valence-electron chi connectivity index (χ1n) is 10.7. The normalized spacial score (nSPS) is 12.1. The fourth-order valence-electron chi connectivity index (χ4n) is 3.40. The highest BCUT2D eigenvalue weighted by atomic mass is 14.9. The van der Waals surface area contributed by atoms with E-state index in [0.717, 1.165) is 23.5 Å². The average Bonchev–Trinajstić information content (AvgIpc) is 2.75. The number of aryl methyl sites for hydroxylation is 1. The number of unbranched alkanes of at least 4 members (excludes halogenated alkanes) is 2. The third-order valence-corrected chi connectivity index (χ3v) is 5.47. The summed E-state index contributed by atoms with van der Waals surface area (Å²) in [6.45, 7) is 6.74. The van der Waals surface area contributed by atoms with Crippen LogP contribution in [0.5, 0.6) is 0 Å². The molecule has 1 atom stereocenters. The van der Waals surface area contributed by atoms with Crippen molar-refractivity contribution in [2.45, 2.75) is 59.3 Å². The van der Waals surface area contributed by atoms with Gasteiger partial charge in [-0.05, 0) is 47.9 Å². The summed E-state index contributed by atoms with van der Waals surface area (Å²) >= 11 is 0. The van der Waals surface area contributed by atoms with E-state index in [9.17, 15) is 0 Å². The fourth-order valence-corrected chi connectivity index (χ4v) is 3.40. The topological polar surface area (TPSA) is 25.8 Å². The number of aromatic nitrogens is 2. The molecular formula is C26H32N2. The molecule has 0 aliphatic rings. The zero-order chi connectivity index (χ0) is 19.8. The average molecular weight is 373 g/mol. The highest BCUT2D eigenvalue weighted by Gasteiger charge is 2.07. The lowest BCUT2D eigenvalue weighted by atomic mass is 10.00. The summed E-state index contributed by atoms with van der Waals surface area (Å²) in [6, 6.07) is 19.6. The van der Waals surface area contributed by atoms with Gasteiger partial charge in [0.15, 0.2) is 5.82 Å². The van der Waals surface area contributed by atoms with Crippen LogP contribution < -0.4 is 0 Å². The second kappa shape index (κ2) is 10.2. The van der Waals surface area contributed by atoms with Crippen LogP contribution in [0.3, 0.4) is 0 Å². The van der Waals surface area contributed by atoms with Crippen LogP contribution in [0.2, 0.25) is 0 Å². The Morgan fingerprint density at radius 1 is 0.786 bits per heavy atom. The maximum Gasteiger partial charge on any atom is 0.159 e. The van der Waals surface area contributed by atoms with Crippen LogP contribution in [-0.2, 0) is 12.8 Å². The molecule has 2 nitrogen and oxygen atoms in total. The Bertz CT molecular complexity index is 850. The van der Waals surface area contributed by atoms with E-state index in [1.165, 1.54) is 48.8 Å². The third kappa shape index (κ3) is 5.51. The number of benzene rings is 2. The van der Waals surface area contributed by atoms with Crippen molar-refractivity contribution < 1.29 is 0 Å². The molecule has 0 fully saturated rings. The largest absolute Gasteiger partial charge is 0.237 e. The third-order valence-electron chi connectivity index (χ3n) is 5.47. The molecule has 146 valence electrons. The number of nitrogens with zero attached hydrogens (tertiary/aromatic N) is 2.